The predicted molar refractivity (Wildman–Crippen MR) is 74.4 cm³/mol. The van der Waals surface area contributed by atoms with Crippen LogP contribution in [0.4, 0.5) is 5.82 Å². The SMILES string of the molecule is CC(C)(C)c1cc(NC(=O)[C@@H]2CCC[C@@H]2C(=O)O)n[nH]1. The molecule has 20 heavy (non-hydrogen) atoms. The van der Waals surface area contributed by atoms with Gasteiger partial charge in [0.1, 0.15) is 0 Å². The van der Waals surface area contributed by atoms with Crippen LogP contribution in [-0.4, -0.2) is 27.2 Å². The Morgan fingerprint density at radius 3 is 2.55 bits per heavy atom. The Morgan fingerprint density at radius 1 is 1.35 bits per heavy atom. The van der Waals surface area contributed by atoms with Gasteiger partial charge in [-0.3, -0.25) is 14.7 Å². The summed E-state index contributed by atoms with van der Waals surface area (Å²) in [5, 5.41) is 18.8. The molecule has 0 aliphatic heterocycles. The number of carbonyl (C=O) groups excluding carboxylic acids is 1. The van der Waals surface area contributed by atoms with E-state index in [-0.39, 0.29) is 11.3 Å². The Labute approximate surface area is 118 Å². The molecule has 1 aliphatic carbocycles. The first-order valence-electron chi connectivity index (χ1n) is 6.88. The number of hydrogen-bond donors (Lipinski definition) is 3. The van der Waals surface area contributed by atoms with Crippen LogP contribution in [0.25, 0.3) is 0 Å². The average Bonchev–Trinajstić information content (AvgIpc) is 2.95. The van der Waals surface area contributed by atoms with E-state index in [2.05, 4.69) is 15.5 Å². The third kappa shape index (κ3) is 3.00. The zero-order chi connectivity index (χ0) is 14.9. The zero-order valence-electron chi connectivity index (χ0n) is 12.1. The van der Waals surface area contributed by atoms with Gasteiger partial charge >= 0.3 is 5.97 Å². The van der Waals surface area contributed by atoms with E-state index in [9.17, 15) is 9.59 Å². The van der Waals surface area contributed by atoms with Gasteiger partial charge in [-0.25, -0.2) is 0 Å². The Kier molecular flexibility index (Phi) is 3.83. The summed E-state index contributed by atoms with van der Waals surface area (Å²) in [5.74, 6) is -1.71. The highest BCUT2D eigenvalue weighted by Gasteiger charge is 2.38. The van der Waals surface area contributed by atoms with Crippen LogP contribution < -0.4 is 5.32 Å². The smallest absolute Gasteiger partial charge is 0.307 e. The Bertz CT molecular complexity index is 516. The molecule has 1 heterocycles. The maximum Gasteiger partial charge on any atom is 0.307 e. The van der Waals surface area contributed by atoms with Crippen LogP contribution in [0, 0.1) is 11.8 Å². The molecule has 0 radical (unpaired) electrons. The van der Waals surface area contributed by atoms with Gasteiger partial charge in [-0.1, -0.05) is 27.2 Å². The van der Waals surface area contributed by atoms with Gasteiger partial charge in [0.2, 0.25) is 5.91 Å². The molecule has 1 amide bonds. The minimum atomic E-state index is -0.889. The molecule has 0 bridgehead atoms. The number of anilines is 1. The molecule has 1 aromatic heterocycles. The fourth-order valence-corrected chi connectivity index (χ4v) is 2.56. The molecule has 2 atom stereocenters. The van der Waals surface area contributed by atoms with Crippen molar-refractivity contribution in [2.24, 2.45) is 11.8 Å². The van der Waals surface area contributed by atoms with Gasteiger partial charge in [0.05, 0.1) is 11.8 Å². The Morgan fingerprint density at radius 2 is 2.00 bits per heavy atom. The number of aromatic amines is 1. The van der Waals surface area contributed by atoms with Crippen molar-refractivity contribution >= 4 is 17.7 Å². The summed E-state index contributed by atoms with van der Waals surface area (Å²) in [6.07, 6.45) is 1.98. The molecule has 6 heteroatoms. The average molecular weight is 279 g/mol. The van der Waals surface area contributed by atoms with Crippen molar-refractivity contribution in [3.05, 3.63) is 11.8 Å². The number of carboxylic acids is 1. The highest BCUT2D eigenvalue weighted by atomic mass is 16.4. The van der Waals surface area contributed by atoms with Crippen LogP contribution in [0.15, 0.2) is 6.07 Å². The molecule has 0 spiro atoms. The number of rotatable bonds is 3. The second kappa shape index (κ2) is 5.26. The number of H-pyrrole nitrogens is 1. The minimum Gasteiger partial charge on any atom is -0.481 e. The third-order valence-electron chi connectivity index (χ3n) is 3.81. The monoisotopic (exact) mass is 279 g/mol. The Hall–Kier alpha value is -1.85. The summed E-state index contributed by atoms with van der Waals surface area (Å²) in [5.41, 5.74) is 0.849. The van der Waals surface area contributed by atoms with Crippen molar-refractivity contribution in [1.29, 1.82) is 0 Å². The standard InChI is InChI=1S/C14H21N3O3/c1-14(2,3)10-7-11(17-16-10)15-12(18)8-5-4-6-9(8)13(19)20/h7-9H,4-6H2,1-3H3,(H,19,20)(H2,15,16,17,18)/t8-,9+/m1/s1. The molecule has 3 N–H and O–H groups in total. The number of aromatic nitrogens is 2. The van der Waals surface area contributed by atoms with Gasteiger partial charge in [-0.2, -0.15) is 5.10 Å². The van der Waals surface area contributed by atoms with Crippen LogP contribution in [0.1, 0.15) is 45.7 Å². The maximum atomic E-state index is 12.2. The fraction of sp³-hybridized carbons (Fsp3) is 0.643. The van der Waals surface area contributed by atoms with E-state index in [1.807, 2.05) is 20.8 Å². The maximum absolute atomic E-state index is 12.2. The summed E-state index contributed by atoms with van der Waals surface area (Å²) in [4.78, 5) is 23.3. The molecule has 0 unspecified atom stereocenters. The van der Waals surface area contributed by atoms with Crippen molar-refractivity contribution in [2.45, 2.75) is 45.4 Å². The third-order valence-corrected chi connectivity index (χ3v) is 3.81. The summed E-state index contributed by atoms with van der Waals surface area (Å²) < 4.78 is 0. The highest BCUT2D eigenvalue weighted by Crippen LogP contribution is 2.33. The van der Waals surface area contributed by atoms with E-state index < -0.39 is 17.8 Å². The first kappa shape index (κ1) is 14.6. The molecule has 2 rings (SSSR count). The van der Waals surface area contributed by atoms with E-state index in [1.165, 1.54) is 0 Å². The van der Waals surface area contributed by atoms with Crippen molar-refractivity contribution < 1.29 is 14.7 Å². The molecule has 0 aromatic carbocycles. The van der Waals surface area contributed by atoms with Crippen LogP contribution in [0.5, 0.6) is 0 Å². The highest BCUT2D eigenvalue weighted by molar-refractivity contribution is 5.94. The van der Waals surface area contributed by atoms with Crippen LogP contribution >= 0.6 is 0 Å². The van der Waals surface area contributed by atoms with E-state index >= 15 is 0 Å². The molecular formula is C14H21N3O3. The minimum absolute atomic E-state index is 0.0765. The topological polar surface area (TPSA) is 95.1 Å². The van der Waals surface area contributed by atoms with Crippen LogP contribution in [-0.2, 0) is 15.0 Å². The van der Waals surface area contributed by atoms with Gasteiger partial charge in [0.15, 0.2) is 5.82 Å². The van der Waals surface area contributed by atoms with E-state index in [4.69, 9.17) is 5.11 Å². The first-order chi connectivity index (χ1) is 9.29. The van der Waals surface area contributed by atoms with Crippen LogP contribution in [0.2, 0.25) is 0 Å². The van der Waals surface area contributed by atoms with Crippen molar-refractivity contribution in [2.75, 3.05) is 5.32 Å². The lowest BCUT2D eigenvalue weighted by Gasteiger charge is -2.15. The quantitative estimate of drug-likeness (QED) is 0.790. The summed E-state index contributed by atoms with van der Waals surface area (Å²) >= 11 is 0. The van der Waals surface area contributed by atoms with Gasteiger partial charge < -0.3 is 10.4 Å². The number of amides is 1. The van der Waals surface area contributed by atoms with Gasteiger partial charge in [-0.05, 0) is 12.8 Å². The second-order valence-corrected chi connectivity index (χ2v) is 6.39. The van der Waals surface area contributed by atoms with Gasteiger partial charge in [0, 0.05) is 17.2 Å². The van der Waals surface area contributed by atoms with Crippen molar-refractivity contribution in [3.8, 4) is 0 Å². The number of nitrogens with zero attached hydrogens (tertiary/aromatic N) is 1. The molecule has 0 saturated heterocycles. The molecule has 1 saturated carbocycles. The summed E-state index contributed by atoms with van der Waals surface area (Å²) in [6.45, 7) is 6.14. The first-order valence-corrected chi connectivity index (χ1v) is 6.88. The number of carbonyl (C=O) groups is 2. The molecule has 1 aliphatic rings. The van der Waals surface area contributed by atoms with E-state index in [1.54, 1.807) is 6.07 Å². The van der Waals surface area contributed by atoms with Crippen LogP contribution in [0.3, 0.4) is 0 Å². The second-order valence-electron chi connectivity index (χ2n) is 6.39. The largest absolute Gasteiger partial charge is 0.481 e. The number of nitrogens with one attached hydrogen (secondary N) is 2. The lowest BCUT2D eigenvalue weighted by molar-refractivity contribution is -0.145. The number of carboxylic acid groups (broad SMARTS) is 1. The van der Waals surface area contributed by atoms with Crippen molar-refractivity contribution in [1.82, 2.24) is 10.2 Å². The van der Waals surface area contributed by atoms with E-state index in [0.717, 1.165) is 12.1 Å². The molecular weight excluding hydrogens is 258 g/mol. The lowest BCUT2D eigenvalue weighted by atomic mass is 9.92. The molecule has 1 fully saturated rings. The fourth-order valence-electron chi connectivity index (χ4n) is 2.56. The van der Waals surface area contributed by atoms with Gasteiger partial charge in [0.25, 0.3) is 0 Å². The van der Waals surface area contributed by atoms with Gasteiger partial charge in [-0.15, -0.1) is 0 Å². The van der Waals surface area contributed by atoms with Crippen molar-refractivity contribution in [3.63, 3.8) is 0 Å². The lowest BCUT2D eigenvalue weighted by Crippen LogP contribution is -2.30. The molecule has 6 nitrogen and oxygen atoms in total. The zero-order valence-corrected chi connectivity index (χ0v) is 12.1. The summed E-state index contributed by atoms with van der Waals surface area (Å²) in [7, 11) is 0. The summed E-state index contributed by atoms with van der Waals surface area (Å²) in [6, 6.07) is 1.79. The predicted octanol–water partition coefficient (Wildman–Crippen LogP) is 2.15. The molecule has 110 valence electrons. The molecule has 1 aromatic rings. The number of hydrogen-bond acceptors (Lipinski definition) is 3. The van der Waals surface area contributed by atoms with E-state index in [0.29, 0.717) is 18.7 Å². The normalized spacial score (nSPS) is 22.8. The Balaban J connectivity index is 2.05. The number of aliphatic carboxylic acids is 1.